The molecule has 0 saturated carbocycles. The molecule has 0 fully saturated rings. The van der Waals surface area contributed by atoms with E-state index >= 15 is 0 Å². The number of esters is 1. The van der Waals surface area contributed by atoms with E-state index in [4.69, 9.17) is 0 Å². The molecule has 1 heterocycles. The van der Waals surface area contributed by atoms with Crippen LogP contribution in [-0.2, 0) is 19.6 Å². The molecule has 0 aromatic carbocycles. The highest BCUT2D eigenvalue weighted by molar-refractivity contribution is 7.91. The van der Waals surface area contributed by atoms with Crippen molar-refractivity contribution in [3.8, 4) is 0 Å². The molecule has 7 heteroatoms. The first-order chi connectivity index (χ1) is 8.36. The summed E-state index contributed by atoms with van der Waals surface area (Å²) in [6, 6.07) is 2.30. The van der Waals surface area contributed by atoms with E-state index in [9.17, 15) is 13.2 Å². The van der Waals surface area contributed by atoms with Crippen molar-refractivity contribution in [3.63, 3.8) is 0 Å². The Kier molecular flexibility index (Phi) is 5.30. The van der Waals surface area contributed by atoms with Gasteiger partial charge in [-0.15, -0.1) is 11.3 Å². The highest BCUT2D eigenvalue weighted by Gasteiger charge is 2.27. The molecule has 0 aliphatic rings. The predicted octanol–water partition coefficient (Wildman–Crippen LogP) is 1.61. The Morgan fingerprint density at radius 2 is 2.17 bits per heavy atom. The molecule has 0 radical (unpaired) electrons. The highest BCUT2D eigenvalue weighted by atomic mass is 32.2. The van der Waals surface area contributed by atoms with E-state index in [-0.39, 0.29) is 10.1 Å². The third-order valence-electron chi connectivity index (χ3n) is 2.25. The van der Waals surface area contributed by atoms with Crippen molar-refractivity contribution in [1.82, 2.24) is 4.72 Å². The summed E-state index contributed by atoms with van der Waals surface area (Å²) < 4.78 is 31.2. The average Bonchev–Trinajstić information content (AvgIpc) is 2.80. The Morgan fingerprint density at radius 1 is 1.50 bits per heavy atom. The van der Waals surface area contributed by atoms with Crippen LogP contribution >= 0.6 is 11.3 Å². The second-order valence-corrected chi connectivity index (χ2v) is 7.15. The van der Waals surface area contributed by atoms with Crippen molar-refractivity contribution in [2.24, 2.45) is 5.92 Å². The zero-order valence-electron chi connectivity index (χ0n) is 10.5. The quantitative estimate of drug-likeness (QED) is 0.808. The van der Waals surface area contributed by atoms with Crippen molar-refractivity contribution in [2.75, 3.05) is 7.11 Å². The third kappa shape index (κ3) is 4.08. The number of thiophene rings is 1. The van der Waals surface area contributed by atoms with Crippen LogP contribution in [-0.4, -0.2) is 27.5 Å². The van der Waals surface area contributed by atoms with E-state index in [1.54, 1.807) is 11.4 Å². The van der Waals surface area contributed by atoms with Crippen LogP contribution in [0.1, 0.15) is 20.3 Å². The van der Waals surface area contributed by atoms with Gasteiger partial charge in [0.1, 0.15) is 10.3 Å². The fourth-order valence-electron chi connectivity index (χ4n) is 1.47. The van der Waals surface area contributed by atoms with Crippen LogP contribution in [0.15, 0.2) is 21.7 Å². The van der Waals surface area contributed by atoms with E-state index in [1.165, 1.54) is 13.2 Å². The average molecular weight is 291 g/mol. The van der Waals surface area contributed by atoms with Gasteiger partial charge in [0, 0.05) is 0 Å². The lowest BCUT2D eigenvalue weighted by Gasteiger charge is -2.17. The zero-order valence-corrected chi connectivity index (χ0v) is 12.2. The number of sulfonamides is 1. The van der Waals surface area contributed by atoms with E-state index in [1.807, 2.05) is 13.8 Å². The number of methoxy groups -OCH3 is 1. The third-order valence-corrected chi connectivity index (χ3v) is 5.12. The van der Waals surface area contributed by atoms with E-state index in [2.05, 4.69) is 9.46 Å². The highest BCUT2D eigenvalue weighted by Crippen LogP contribution is 2.17. The van der Waals surface area contributed by atoms with Crippen molar-refractivity contribution in [1.29, 1.82) is 0 Å². The molecule has 1 aromatic rings. The number of hydrogen-bond donors (Lipinski definition) is 1. The normalized spacial score (nSPS) is 13.6. The first-order valence-corrected chi connectivity index (χ1v) is 7.86. The Hall–Kier alpha value is -0.920. The van der Waals surface area contributed by atoms with Crippen LogP contribution in [0.2, 0.25) is 0 Å². The summed E-state index contributed by atoms with van der Waals surface area (Å²) in [5.41, 5.74) is 0. The molecular formula is C11H17NO4S2. The Balaban J connectivity index is 2.86. The molecule has 0 saturated heterocycles. The van der Waals surface area contributed by atoms with Gasteiger partial charge in [-0.1, -0.05) is 19.9 Å². The summed E-state index contributed by atoms with van der Waals surface area (Å²) in [6.45, 7) is 3.82. The molecule has 18 heavy (non-hydrogen) atoms. The van der Waals surface area contributed by atoms with E-state index in [0.717, 1.165) is 11.3 Å². The van der Waals surface area contributed by atoms with Crippen LogP contribution in [0, 0.1) is 5.92 Å². The lowest BCUT2D eigenvalue weighted by molar-refractivity contribution is -0.143. The van der Waals surface area contributed by atoms with Gasteiger partial charge in [0.05, 0.1) is 7.11 Å². The van der Waals surface area contributed by atoms with Crippen LogP contribution in [0.3, 0.4) is 0 Å². The van der Waals surface area contributed by atoms with Crippen molar-refractivity contribution >= 4 is 27.3 Å². The molecule has 102 valence electrons. The van der Waals surface area contributed by atoms with Crippen LogP contribution in [0.25, 0.3) is 0 Å². The summed E-state index contributed by atoms with van der Waals surface area (Å²) in [5.74, 6) is -0.385. The molecule has 0 spiro atoms. The van der Waals surface area contributed by atoms with Crippen LogP contribution < -0.4 is 4.72 Å². The number of carbonyl (C=O) groups excluding carboxylic acids is 1. The monoisotopic (exact) mass is 291 g/mol. The van der Waals surface area contributed by atoms with Gasteiger partial charge in [-0.05, 0) is 23.8 Å². The molecule has 5 nitrogen and oxygen atoms in total. The maximum Gasteiger partial charge on any atom is 0.323 e. The fourth-order valence-corrected chi connectivity index (χ4v) is 3.67. The van der Waals surface area contributed by atoms with Gasteiger partial charge in [0.2, 0.25) is 0 Å². The van der Waals surface area contributed by atoms with Gasteiger partial charge >= 0.3 is 5.97 Å². The maximum atomic E-state index is 12.0. The Labute approximate surface area is 111 Å². The lowest BCUT2D eigenvalue weighted by Crippen LogP contribution is -2.42. The SMILES string of the molecule is COC(=O)[C@@H](CC(C)C)NS(=O)(=O)c1cccs1. The molecular weight excluding hydrogens is 274 g/mol. The van der Waals surface area contributed by atoms with Crippen molar-refractivity contribution in [3.05, 3.63) is 17.5 Å². The Morgan fingerprint density at radius 3 is 2.61 bits per heavy atom. The van der Waals surface area contributed by atoms with Crippen LogP contribution in [0.5, 0.6) is 0 Å². The second-order valence-electron chi connectivity index (χ2n) is 4.26. The number of hydrogen-bond acceptors (Lipinski definition) is 5. The topological polar surface area (TPSA) is 72.5 Å². The molecule has 0 unspecified atom stereocenters. The van der Waals surface area contributed by atoms with Gasteiger partial charge in [-0.25, -0.2) is 8.42 Å². The second kappa shape index (κ2) is 6.31. The minimum Gasteiger partial charge on any atom is -0.468 e. The van der Waals surface area contributed by atoms with Gasteiger partial charge in [-0.3, -0.25) is 4.79 Å². The standard InChI is InChI=1S/C11H17NO4S2/c1-8(2)7-9(11(13)16-3)12-18(14,15)10-5-4-6-17-10/h4-6,8-9,12H,7H2,1-3H3/t9-/m1/s1. The van der Waals surface area contributed by atoms with Gasteiger partial charge in [0.25, 0.3) is 10.0 Å². The molecule has 1 aromatic heterocycles. The van der Waals surface area contributed by atoms with Crippen molar-refractivity contribution in [2.45, 2.75) is 30.5 Å². The molecule has 1 N–H and O–H groups in total. The minimum atomic E-state index is -3.65. The smallest absolute Gasteiger partial charge is 0.323 e. The fraction of sp³-hybridized carbons (Fsp3) is 0.545. The van der Waals surface area contributed by atoms with E-state index < -0.39 is 22.0 Å². The molecule has 0 aliphatic heterocycles. The Bertz CT molecular complexity index is 479. The summed E-state index contributed by atoms with van der Waals surface area (Å²) in [6.07, 6.45) is 0.400. The maximum absolute atomic E-state index is 12.0. The lowest BCUT2D eigenvalue weighted by atomic mass is 10.1. The summed E-state index contributed by atoms with van der Waals surface area (Å²) in [7, 11) is -2.40. The summed E-state index contributed by atoms with van der Waals surface area (Å²) in [4.78, 5) is 11.5. The first kappa shape index (κ1) is 15.1. The zero-order chi connectivity index (χ0) is 13.8. The first-order valence-electron chi connectivity index (χ1n) is 5.50. The predicted molar refractivity (Wildman–Crippen MR) is 69.9 cm³/mol. The molecule has 1 atom stereocenters. The van der Waals surface area contributed by atoms with Crippen LogP contribution in [0.4, 0.5) is 0 Å². The van der Waals surface area contributed by atoms with Gasteiger partial charge < -0.3 is 4.74 Å². The number of carbonyl (C=O) groups is 1. The van der Waals surface area contributed by atoms with Gasteiger partial charge in [0.15, 0.2) is 0 Å². The molecule has 1 rings (SSSR count). The molecule has 0 bridgehead atoms. The summed E-state index contributed by atoms with van der Waals surface area (Å²) in [5, 5.41) is 1.67. The molecule has 0 aliphatic carbocycles. The molecule has 0 amide bonds. The number of rotatable bonds is 6. The van der Waals surface area contributed by atoms with Gasteiger partial charge in [-0.2, -0.15) is 4.72 Å². The number of ether oxygens (including phenoxy) is 1. The van der Waals surface area contributed by atoms with E-state index in [0.29, 0.717) is 6.42 Å². The number of nitrogens with one attached hydrogen (secondary N) is 1. The summed E-state index contributed by atoms with van der Waals surface area (Å²) >= 11 is 1.11. The largest absolute Gasteiger partial charge is 0.468 e. The minimum absolute atomic E-state index is 0.181. The van der Waals surface area contributed by atoms with Crippen molar-refractivity contribution < 1.29 is 17.9 Å².